The molecule has 2 heterocycles. The van der Waals surface area contributed by atoms with Crippen molar-refractivity contribution in [2.75, 3.05) is 19.6 Å². The van der Waals surface area contributed by atoms with Crippen molar-refractivity contribution in [1.29, 1.82) is 0 Å². The molecule has 0 radical (unpaired) electrons. The van der Waals surface area contributed by atoms with Gasteiger partial charge in [-0.15, -0.1) is 0 Å². The van der Waals surface area contributed by atoms with Crippen LogP contribution in [0.3, 0.4) is 0 Å². The molecule has 1 unspecified atom stereocenters. The fourth-order valence-electron chi connectivity index (χ4n) is 2.77. The predicted molar refractivity (Wildman–Crippen MR) is 86.3 cm³/mol. The molecule has 1 atom stereocenters. The van der Waals surface area contributed by atoms with E-state index in [1.165, 1.54) is 19.4 Å². The highest BCUT2D eigenvalue weighted by Gasteiger charge is 2.23. The highest BCUT2D eigenvalue weighted by atomic mass is 16.4. The van der Waals surface area contributed by atoms with Crippen LogP contribution in [0.2, 0.25) is 0 Å². The summed E-state index contributed by atoms with van der Waals surface area (Å²) < 4.78 is 5.95. The smallest absolute Gasteiger partial charge is 0.208 e. The molecule has 1 N–H and O–H groups in total. The Labute approximate surface area is 129 Å². The second-order valence-electron chi connectivity index (χ2n) is 7.60. The van der Waals surface area contributed by atoms with Gasteiger partial charge in [0.1, 0.15) is 5.76 Å². The topological polar surface area (TPSA) is 41.3 Å². The maximum absolute atomic E-state index is 5.95. The first-order valence-corrected chi connectivity index (χ1v) is 8.26. The minimum absolute atomic E-state index is 0.0290. The molecule has 0 amide bonds. The standard InChI is InChI=1S/C17H31N3O/c1-13(2)20(11-14-7-6-8-18-9-14)12-16-19-10-15(21-16)17(3,4)5/h10,13-14,18H,6-9,11-12H2,1-5H3. The first kappa shape index (κ1) is 16.5. The van der Waals surface area contributed by atoms with Gasteiger partial charge in [0.05, 0.1) is 12.7 Å². The molecule has 4 nitrogen and oxygen atoms in total. The van der Waals surface area contributed by atoms with Gasteiger partial charge in [-0.3, -0.25) is 4.90 Å². The lowest BCUT2D eigenvalue weighted by atomic mass is 9.94. The maximum Gasteiger partial charge on any atom is 0.208 e. The molecule has 1 aromatic heterocycles. The normalized spacial score (nSPS) is 20.4. The number of nitrogens with one attached hydrogen (secondary N) is 1. The van der Waals surface area contributed by atoms with Crippen LogP contribution < -0.4 is 5.32 Å². The van der Waals surface area contributed by atoms with E-state index < -0.39 is 0 Å². The Hall–Kier alpha value is -0.870. The number of hydrogen-bond donors (Lipinski definition) is 1. The van der Waals surface area contributed by atoms with Crippen LogP contribution in [0.1, 0.15) is 59.1 Å². The summed E-state index contributed by atoms with van der Waals surface area (Å²) in [5, 5.41) is 3.50. The molecule has 120 valence electrons. The van der Waals surface area contributed by atoms with Crippen LogP contribution in [0, 0.1) is 5.92 Å². The lowest BCUT2D eigenvalue weighted by Gasteiger charge is -2.31. The van der Waals surface area contributed by atoms with Crippen molar-refractivity contribution in [1.82, 2.24) is 15.2 Å². The third-order valence-electron chi connectivity index (χ3n) is 4.25. The third kappa shape index (κ3) is 4.82. The van der Waals surface area contributed by atoms with Gasteiger partial charge < -0.3 is 9.73 Å². The molecule has 0 bridgehead atoms. The van der Waals surface area contributed by atoms with Crippen LogP contribution in [-0.2, 0) is 12.0 Å². The molecule has 1 aromatic rings. The van der Waals surface area contributed by atoms with Gasteiger partial charge in [-0.25, -0.2) is 4.98 Å². The Balaban J connectivity index is 1.97. The van der Waals surface area contributed by atoms with Crippen LogP contribution in [0.4, 0.5) is 0 Å². The molecule has 21 heavy (non-hydrogen) atoms. The third-order valence-corrected chi connectivity index (χ3v) is 4.25. The zero-order chi connectivity index (χ0) is 15.5. The van der Waals surface area contributed by atoms with E-state index in [2.05, 4.69) is 49.8 Å². The van der Waals surface area contributed by atoms with E-state index in [0.717, 1.165) is 37.2 Å². The van der Waals surface area contributed by atoms with Gasteiger partial charge in [-0.05, 0) is 45.7 Å². The lowest BCUT2D eigenvalue weighted by molar-refractivity contribution is 0.148. The van der Waals surface area contributed by atoms with Gasteiger partial charge in [-0.2, -0.15) is 0 Å². The van der Waals surface area contributed by atoms with Crippen molar-refractivity contribution in [2.24, 2.45) is 5.92 Å². The Morgan fingerprint density at radius 1 is 1.43 bits per heavy atom. The van der Waals surface area contributed by atoms with Crippen LogP contribution in [-0.4, -0.2) is 35.6 Å². The molecule has 1 saturated heterocycles. The first-order chi connectivity index (χ1) is 9.86. The number of rotatable bonds is 5. The van der Waals surface area contributed by atoms with Crippen molar-refractivity contribution < 1.29 is 4.42 Å². The molecule has 2 rings (SSSR count). The van der Waals surface area contributed by atoms with Crippen LogP contribution >= 0.6 is 0 Å². The molecule has 0 saturated carbocycles. The number of oxazole rings is 1. The van der Waals surface area contributed by atoms with Gasteiger partial charge >= 0.3 is 0 Å². The fraction of sp³-hybridized carbons (Fsp3) is 0.824. The van der Waals surface area contributed by atoms with Gasteiger partial charge in [0, 0.05) is 18.0 Å². The van der Waals surface area contributed by atoms with E-state index in [-0.39, 0.29) is 5.41 Å². The van der Waals surface area contributed by atoms with Crippen LogP contribution in [0.15, 0.2) is 10.6 Å². The first-order valence-electron chi connectivity index (χ1n) is 8.26. The molecule has 0 spiro atoms. The molecular weight excluding hydrogens is 262 g/mol. The second kappa shape index (κ2) is 6.93. The largest absolute Gasteiger partial charge is 0.444 e. The summed E-state index contributed by atoms with van der Waals surface area (Å²) in [6.45, 7) is 15.2. The van der Waals surface area contributed by atoms with Crippen LogP contribution in [0.25, 0.3) is 0 Å². The number of aromatic nitrogens is 1. The summed E-state index contributed by atoms with van der Waals surface area (Å²) in [5.74, 6) is 2.57. The molecule has 0 aliphatic carbocycles. The molecule has 1 fully saturated rings. The quantitative estimate of drug-likeness (QED) is 0.905. The van der Waals surface area contributed by atoms with Gasteiger partial charge in [0.15, 0.2) is 0 Å². The summed E-state index contributed by atoms with van der Waals surface area (Å²) >= 11 is 0. The minimum Gasteiger partial charge on any atom is -0.444 e. The maximum atomic E-state index is 5.95. The Morgan fingerprint density at radius 2 is 2.19 bits per heavy atom. The van der Waals surface area contributed by atoms with Crippen LogP contribution in [0.5, 0.6) is 0 Å². The average Bonchev–Trinajstić information content (AvgIpc) is 2.87. The number of nitrogens with zero attached hydrogens (tertiary/aromatic N) is 2. The molecule has 0 aromatic carbocycles. The number of piperidine rings is 1. The van der Waals surface area contributed by atoms with E-state index >= 15 is 0 Å². The van der Waals surface area contributed by atoms with Gasteiger partial charge in [0.25, 0.3) is 0 Å². The molecule has 1 aliphatic rings. The summed E-state index contributed by atoms with van der Waals surface area (Å²) in [6.07, 6.45) is 4.51. The van der Waals surface area contributed by atoms with Crippen molar-refractivity contribution >= 4 is 0 Å². The van der Waals surface area contributed by atoms with E-state index in [4.69, 9.17) is 4.42 Å². The Bertz CT molecular complexity index is 427. The summed E-state index contributed by atoms with van der Waals surface area (Å²) in [7, 11) is 0. The van der Waals surface area contributed by atoms with Crippen molar-refractivity contribution in [3.8, 4) is 0 Å². The molecule has 1 aliphatic heterocycles. The Kier molecular flexibility index (Phi) is 5.44. The van der Waals surface area contributed by atoms with Gasteiger partial charge in [0.2, 0.25) is 5.89 Å². The monoisotopic (exact) mass is 293 g/mol. The number of hydrogen-bond acceptors (Lipinski definition) is 4. The van der Waals surface area contributed by atoms with Crippen molar-refractivity contribution in [3.05, 3.63) is 17.8 Å². The SMILES string of the molecule is CC(C)N(Cc1ncc(C(C)(C)C)o1)CC1CCCNC1. The van der Waals surface area contributed by atoms with Gasteiger partial charge in [-0.1, -0.05) is 20.8 Å². The zero-order valence-corrected chi connectivity index (χ0v) is 14.3. The highest BCUT2D eigenvalue weighted by molar-refractivity contribution is 5.06. The van der Waals surface area contributed by atoms with E-state index in [9.17, 15) is 0 Å². The summed E-state index contributed by atoms with van der Waals surface area (Å²) in [6, 6.07) is 0.511. The summed E-state index contributed by atoms with van der Waals surface area (Å²) in [5.41, 5.74) is 0.0290. The molecular formula is C17H31N3O. The van der Waals surface area contributed by atoms with E-state index in [1.54, 1.807) is 0 Å². The van der Waals surface area contributed by atoms with E-state index in [1.807, 2.05) is 6.20 Å². The second-order valence-corrected chi connectivity index (χ2v) is 7.60. The fourth-order valence-corrected chi connectivity index (χ4v) is 2.77. The Morgan fingerprint density at radius 3 is 2.71 bits per heavy atom. The minimum atomic E-state index is 0.0290. The average molecular weight is 293 g/mol. The van der Waals surface area contributed by atoms with Crippen molar-refractivity contribution in [3.63, 3.8) is 0 Å². The molecule has 4 heteroatoms. The van der Waals surface area contributed by atoms with E-state index in [0.29, 0.717) is 6.04 Å². The zero-order valence-electron chi connectivity index (χ0n) is 14.3. The van der Waals surface area contributed by atoms with Crippen molar-refractivity contribution in [2.45, 2.75) is 65.5 Å². The highest BCUT2D eigenvalue weighted by Crippen LogP contribution is 2.24. The lowest BCUT2D eigenvalue weighted by Crippen LogP contribution is -2.40. The summed E-state index contributed by atoms with van der Waals surface area (Å²) in [4.78, 5) is 6.96. The predicted octanol–water partition coefficient (Wildman–Crippen LogP) is 3.18.